The Hall–Kier alpha value is -2.51. The van der Waals surface area contributed by atoms with Gasteiger partial charge >= 0.3 is 6.09 Å². The van der Waals surface area contributed by atoms with Gasteiger partial charge in [0.25, 0.3) is 0 Å². The fourth-order valence-electron chi connectivity index (χ4n) is 4.81. The molecule has 0 aromatic rings. The van der Waals surface area contributed by atoms with E-state index in [4.69, 9.17) is 24.1 Å². The number of primary amides is 1. The first-order valence-electron chi connectivity index (χ1n) is 9.71. The van der Waals surface area contributed by atoms with Gasteiger partial charge in [-0.3, -0.25) is 9.59 Å². The van der Waals surface area contributed by atoms with Gasteiger partial charge in [0.2, 0.25) is 11.6 Å². The molecule has 0 spiro atoms. The van der Waals surface area contributed by atoms with Gasteiger partial charge in [0.15, 0.2) is 12.0 Å². The molecule has 3 heterocycles. The van der Waals surface area contributed by atoms with Crippen molar-refractivity contribution >= 4 is 17.7 Å². The third kappa shape index (κ3) is 3.49. The number of nitrogens with two attached hydrogens (primary N) is 1. The molecule has 3 aliphatic heterocycles. The Morgan fingerprint density at radius 2 is 1.94 bits per heavy atom. The summed E-state index contributed by atoms with van der Waals surface area (Å²) in [4.78, 5) is 37.1. The highest BCUT2D eigenvalue weighted by atomic mass is 16.7. The van der Waals surface area contributed by atoms with E-state index < -0.39 is 24.0 Å². The minimum Gasteiger partial charge on any atom is -0.465 e. The van der Waals surface area contributed by atoms with Crippen LogP contribution in [0.4, 0.5) is 4.79 Å². The molecule has 1 aliphatic carbocycles. The van der Waals surface area contributed by atoms with E-state index in [9.17, 15) is 14.7 Å². The summed E-state index contributed by atoms with van der Waals surface area (Å²) < 4.78 is 16.1. The number of carbonyl (C=O) groups is 3. The lowest BCUT2D eigenvalue weighted by Gasteiger charge is -2.39. The molecule has 31 heavy (non-hydrogen) atoms. The Kier molecular flexibility index (Phi) is 6.39. The number of hydrogen-bond acceptors (Lipinski definition) is 10. The van der Waals surface area contributed by atoms with Crippen molar-refractivity contribution in [3.63, 3.8) is 0 Å². The molecule has 12 heteroatoms. The van der Waals surface area contributed by atoms with Crippen molar-refractivity contribution in [1.29, 1.82) is 0 Å². The number of rotatable bonds is 7. The molecule has 4 rings (SSSR count). The smallest absolute Gasteiger partial charge is 0.402 e. The highest BCUT2D eigenvalue weighted by Crippen LogP contribution is 2.55. The van der Waals surface area contributed by atoms with E-state index in [1.165, 1.54) is 14.2 Å². The Morgan fingerprint density at radius 1 is 1.32 bits per heavy atom. The van der Waals surface area contributed by atoms with Crippen LogP contribution in [0.15, 0.2) is 22.5 Å². The number of carbonyl (C=O) groups excluding carboxylic acids is 2. The largest absolute Gasteiger partial charge is 0.465 e. The monoisotopic (exact) mass is 440 g/mol. The van der Waals surface area contributed by atoms with E-state index in [-0.39, 0.29) is 42.5 Å². The number of aliphatic hydroxyl groups excluding tert-OH is 1. The second-order valence-corrected chi connectivity index (χ2v) is 7.59. The second kappa shape index (κ2) is 8.55. The van der Waals surface area contributed by atoms with Crippen LogP contribution < -0.4 is 16.4 Å². The molecule has 0 radical (unpaired) electrons. The lowest BCUT2D eigenvalue weighted by atomic mass is 9.82. The average Bonchev–Trinajstić information content (AvgIpc) is 3.34. The number of ketones is 2. The summed E-state index contributed by atoms with van der Waals surface area (Å²) in [5.74, 6) is -1.09. The molecule has 4 unspecified atom stereocenters. The van der Waals surface area contributed by atoms with Crippen LogP contribution in [0.3, 0.4) is 0 Å². The summed E-state index contributed by atoms with van der Waals surface area (Å²) in [5, 5.41) is 23.6. The Bertz CT molecular complexity index is 848. The summed E-state index contributed by atoms with van der Waals surface area (Å²) in [7, 11) is 4.56. The first-order chi connectivity index (χ1) is 14.7. The summed E-state index contributed by atoms with van der Waals surface area (Å²) in [6.07, 6.45) is -1.88. The topological polar surface area (TPSA) is 183 Å². The summed E-state index contributed by atoms with van der Waals surface area (Å²) in [6, 6.07) is 0.206. The van der Waals surface area contributed by atoms with Gasteiger partial charge in [-0.05, 0) is 6.92 Å². The zero-order valence-electron chi connectivity index (χ0n) is 17.8. The molecule has 4 aliphatic rings. The molecule has 0 aromatic carbocycles. The predicted molar refractivity (Wildman–Crippen MR) is 105 cm³/mol. The third-order valence-corrected chi connectivity index (χ3v) is 6.19. The van der Waals surface area contributed by atoms with Crippen molar-refractivity contribution in [2.24, 2.45) is 11.7 Å². The molecule has 2 fully saturated rings. The molecule has 4 atom stereocenters. The zero-order valence-corrected chi connectivity index (χ0v) is 17.8. The summed E-state index contributed by atoms with van der Waals surface area (Å²) in [5.41, 5.74) is 4.40. The van der Waals surface area contributed by atoms with E-state index in [0.29, 0.717) is 23.4 Å². The molecular weight excluding hydrogens is 412 g/mol. The molecule has 0 aromatic heterocycles. The molecule has 0 bridgehead atoms. The Morgan fingerprint density at radius 3 is 2.45 bits per heavy atom. The number of methoxy groups -OCH3 is 3. The minimum atomic E-state index is -1.33. The lowest BCUT2D eigenvalue weighted by Crippen LogP contribution is -2.54. The SMILES string of the molecule is COC(CNC1=C(C)C(=O)C2=C(C1=O)C(CO)C1(OC)C3NC3CN21)OC.NC(=O)O. The van der Waals surface area contributed by atoms with E-state index in [1.807, 2.05) is 4.90 Å². The van der Waals surface area contributed by atoms with Gasteiger partial charge < -0.3 is 45.7 Å². The van der Waals surface area contributed by atoms with E-state index in [2.05, 4.69) is 16.4 Å². The first kappa shape index (κ1) is 23.2. The molecular formula is C19H28N4O8. The van der Waals surface area contributed by atoms with Crippen LogP contribution in [0.25, 0.3) is 0 Å². The van der Waals surface area contributed by atoms with Crippen molar-refractivity contribution < 1.29 is 38.8 Å². The van der Waals surface area contributed by atoms with Gasteiger partial charge in [-0.15, -0.1) is 0 Å². The van der Waals surface area contributed by atoms with Gasteiger partial charge in [0.1, 0.15) is 0 Å². The molecule has 6 N–H and O–H groups in total. The van der Waals surface area contributed by atoms with Crippen LogP contribution in [-0.2, 0) is 23.8 Å². The highest BCUT2D eigenvalue weighted by molar-refractivity contribution is 6.25. The van der Waals surface area contributed by atoms with Crippen molar-refractivity contribution in [3.05, 3.63) is 22.5 Å². The van der Waals surface area contributed by atoms with Crippen LogP contribution in [0.2, 0.25) is 0 Å². The fraction of sp³-hybridized carbons (Fsp3) is 0.632. The van der Waals surface area contributed by atoms with Gasteiger partial charge in [-0.2, -0.15) is 0 Å². The molecule has 2 saturated heterocycles. The Balaban J connectivity index is 0.000000628. The maximum atomic E-state index is 13.3. The zero-order chi connectivity index (χ0) is 23.1. The number of hydrogen-bond donors (Lipinski definition) is 5. The summed E-state index contributed by atoms with van der Waals surface area (Å²) >= 11 is 0. The second-order valence-electron chi connectivity index (χ2n) is 7.59. The highest BCUT2D eigenvalue weighted by Gasteiger charge is 2.72. The number of aliphatic hydroxyl groups is 1. The minimum absolute atomic E-state index is 0.00562. The predicted octanol–water partition coefficient (Wildman–Crippen LogP) is -1.88. The number of carboxylic acid groups (broad SMARTS) is 1. The number of nitrogens with one attached hydrogen (secondary N) is 2. The van der Waals surface area contributed by atoms with E-state index in [0.717, 1.165) is 0 Å². The number of piperazine rings is 1. The van der Waals surface area contributed by atoms with Gasteiger partial charge in [-0.25, -0.2) is 4.79 Å². The number of amides is 1. The normalized spacial score (nSPS) is 30.8. The van der Waals surface area contributed by atoms with Crippen LogP contribution in [0.1, 0.15) is 6.92 Å². The van der Waals surface area contributed by atoms with Gasteiger partial charge in [-0.1, -0.05) is 0 Å². The van der Waals surface area contributed by atoms with Crippen molar-refractivity contribution in [2.75, 3.05) is 41.0 Å². The van der Waals surface area contributed by atoms with Crippen molar-refractivity contribution in [3.8, 4) is 0 Å². The van der Waals surface area contributed by atoms with E-state index >= 15 is 0 Å². The number of nitrogens with zero attached hydrogens (tertiary/aromatic N) is 1. The van der Waals surface area contributed by atoms with E-state index in [1.54, 1.807) is 14.0 Å². The van der Waals surface area contributed by atoms with Crippen LogP contribution in [0.5, 0.6) is 0 Å². The number of allylic oxidation sites excluding steroid dienone is 2. The van der Waals surface area contributed by atoms with Crippen LogP contribution >= 0.6 is 0 Å². The van der Waals surface area contributed by atoms with Gasteiger partial charge in [0.05, 0.1) is 36.5 Å². The molecule has 172 valence electrons. The maximum Gasteiger partial charge on any atom is 0.402 e. The van der Waals surface area contributed by atoms with Crippen molar-refractivity contribution in [2.45, 2.75) is 31.0 Å². The quantitative estimate of drug-likeness (QED) is 0.170. The van der Waals surface area contributed by atoms with Gasteiger partial charge in [0, 0.05) is 45.1 Å². The lowest BCUT2D eigenvalue weighted by molar-refractivity contribution is -0.137. The van der Waals surface area contributed by atoms with Crippen LogP contribution in [-0.4, -0.2) is 97.9 Å². The van der Waals surface area contributed by atoms with Crippen molar-refractivity contribution in [1.82, 2.24) is 15.5 Å². The Labute approximate surface area is 179 Å². The third-order valence-electron chi connectivity index (χ3n) is 6.19. The molecule has 1 amide bonds. The average molecular weight is 440 g/mol. The number of ether oxygens (including phenoxy) is 3. The molecule has 0 saturated carbocycles. The molecule has 12 nitrogen and oxygen atoms in total. The first-order valence-corrected chi connectivity index (χ1v) is 9.71. The number of Topliss-reactive ketones (excluding diaryl/α,β-unsaturated/α-hetero) is 2. The number of fused-ring (bicyclic) bond motifs is 4. The fourth-order valence-corrected chi connectivity index (χ4v) is 4.81. The maximum absolute atomic E-state index is 13.3. The standard InChI is InChI=1S/C18H25N3O6.CH3NO2/c1-8-13(19-5-11(25-2)26-3)16(24)12-9(7-22)18(27-4)17-10(20-17)6-21(18)14(12)15(8)23;2-1(3)4/h9-11,17,19-20,22H,5-7H2,1-4H3;2H2,(H,3,4). The van der Waals surface area contributed by atoms with Crippen LogP contribution in [0, 0.1) is 5.92 Å². The summed E-state index contributed by atoms with van der Waals surface area (Å²) in [6.45, 7) is 2.16.